The van der Waals surface area contributed by atoms with E-state index in [0.29, 0.717) is 29.8 Å². The van der Waals surface area contributed by atoms with Crippen LogP contribution in [0.2, 0.25) is 0 Å². The summed E-state index contributed by atoms with van der Waals surface area (Å²) in [5.74, 6) is -0.433. The highest BCUT2D eigenvalue weighted by Crippen LogP contribution is 2.31. The highest BCUT2D eigenvalue weighted by atomic mass is 32.2. The van der Waals surface area contributed by atoms with Crippen LogP contribution in [0.3, 0.4) is 0 Å². The maximum absolute atomic E-state index is 13.1. The van der Waals surface area contributed by atoms with Gasteiger partial charge >= 0.3 is 0 Å². The first-order valence-electron chi connectivity index (χ1n) is 9.25. The molecule has 2 aromatic rings. The molecular weight excluding hydrogens is 396 g/mol. The number of carbonyl (C=O) groups is 2. The van der Waals surface area contributed by atoms with E-state index in [1.54, 1.807) is 32.0 Å². The van der Waals surface area contributed by atoms with Crippen molar-refractivity contribution >= 4 is 33.2 Å². The van der Waals surface area contributed by atoms with Crippen LogP contribution < -0.4 is 10.6 Å². The van der Waals surface area contributed by atoms with Gasteiger partial charge in [-0.2, -0.15) is 4.31 Å². The molecule has 1 aromatic heterocycles. The largest absolute Gasteiger partial charge is 0.360 e. The van der Waals surface area contributed by atoms with Gasteiger partial charge in [-0.25, -0.2) is 8.42 Å². The Morgan fingerprint density at radius 3 is 2.41 bits per heavy atom. The van der Waals surface area contributed by atoms with Crippen LogP contribution >= 0.6 is 0 Å². The number of nitrogens with one attached hydrogen (secondary N) is 2. The quantitative estimate of drug-likeness (QED) is 0.766. The zero-order valence-electron chi connectivity index (χ0n) is 16.8. The zero-order valence-corrected chi connectivity index (χ0v) is 17.6. The molecule has 1 aliphatic rings. The number of rotatable bonds is 5. The SMILES string of the molecule is CC(=O)Nc1cccc(NC(=O)C2CCCN2S(=O)(=O)c2c(C)noc2C)c1C. The minimum Gasteiger partial charge on any atom is -0.360 e. The predicted molar refractivity (Wildman–Crippen MR) is 107 cm³/mol. The van der Waals surface area contributed by atoms with Crippen LogP contribution in [0, 0.1) is 20.8 Å². The lowest BCUT2D eigenvalue weighted by molar-refractivity contribution is -0.119. The highest BCUT2D eigenvalue weighted by molar-refractivity contribution is 7.89. The fourth-order valence-electron chi connectivity index (χ4n) is 3.56. The summed E-state index contributed by atoms with van der Waals surface area (Å²) in [5, 5.41) is 9.23. The molecule has 1 aromatic carbocycles. The molecule has 3 rings (SSSR count). The first-order valence-corrected chi connectivity index (χ1v) is 10.7. The van der Waals surface area contributed by atoms with Gasteiger partial charge < -0.3 is 15.2 Å². The number of hydrogen-bond donors (Lipinski definition) is 2. The van der Waals surface area contributed by atoms with Gasteiger partial charge in [0.2, 0.25) is 21.8 Å². The molecule has 1 aliphatic heterocycles. The van der Waals surface area contributed by atoms with Crippen LogP contribution in [0.5, 0.6) is 0 Å². The Bertz CT molecular complexity index is 1040. The average Bonchev–Trinajstić information content (AvgIpc) is 3.25. The number of aromatic nitrogens is 1. The van der Waals surface area contributed by atoms with Crippen molar-refractivity contribution in [1.29, 1.82) is 0 Å². The van der Waals surface area contributed by atoms with E-state index in [1.807, 2.05) is 0 Å². The molecule has 1 saturated heterocycles. The number of anilines is 2. The molecule has 1 unspecified atom stereocenters. The molecule has 2 N–H and O–H groups in total. The van der Waals surface area contributed by atoms with E-state index in [9.17, 15) is 18.0 Å². The van der Waals surface area contributed by atoms with Gasteiger partial charge in [0, 0.05) is 24.8 Å². The van der Waals surface area contributed by atoms with Crippen LogP contribution in [-0.4, -0.2) is 42.3 Å². The Balaban J connectivity index is 1.86. The zero-order chi connectivity index (χ0) is 21.3. The molecular formula is C19H24N4O5S. The number of nitrogens with zero attached hydrogens (tertiary/aromatic N) is 2. The highest BCUT2D eigenvalue weighted by Gasteiger charge is 2.42. The maximum Gasteiger partial charge on any atom is 0.249 e. The van der Waals surface area contributed by atoms with Crippen molar-refractivity contribution in [3.05, 3.63) is 35.2 Å². The number of hydrogen-bond acceptors (Lipinski definition) is 6. The minimum absolute atomic E-state index is 0.0148. The molecule has 1 atom stereocenters. The number of carbonyl (C=O) groups excluding carboxylic acids is 2. The van der Waals surface area contributed by atoms with Crippen molar-refractivity contribution in [2.24, 2.45) is 0 Å². The van der Waals surface area contributed by atoms with E-state index in [2.05, 4.69) is 15.8 Å². The Morgan fingerprint density at radius 1 is 1.17 bits per heavy atom. The first kappa shape index (κ1) is 21.0. The van der Waals surface area contributed by atoms with E-state index in [0.717, 1.165) is 0 Å². The molecule has 10 heteroatoms. The van der Waals surface area contributed by atoms with Gasteiger partial charge in [0.05, 0.1) is 0 Å². The van der Waals surface area contributed by atoms with Crippen LogP contribution in [0.25, 0.3) is 0 Å². The van der Waals surface area contributed by atoms with Crippen molar-refractivity contribution in [2.45, 2.75) is 51.5 Å². The number of aryl methyl sites for hydroxylation is 2. The molecule has 0 spiro atoms. The van der Waals surface area contributed by atoms with Crippen molar-refractivity contribution in [2.75, 3.05) is 17.2 Å². The van der Waals surface area contributed by atoms with Gasteiger partial charge in [0.1, 0.15) is 16.6 Å². The van der Waals surface area contributed by atoms with Gasteiger partial charge in [0.25, 0.3) is 0 Å². The molecule has 2 amide bonds. The van der Waals surface area contributed by atoms with Crippen molar-refractivity contribution < 1.29 is 22.5 Å². The van der Waals surface area contributed by atoms with Crippen LogP contribution in [-0.2, 0) is 19.6 Å². The smallest absolute Gasteiger partial charge is 0.249 e. The monoisotopic (exact) mass is 420 g/mol. The number of amides is 2. The fourth-order valence-corrected chi connectivity index (χ4v) is 5.51. The van der Waals surface area contributed by atoms with Crippen molar-refractivity contribution in [1.82, 2.24) is 9.46 Å². The maximum atomic E-state index is 13.1. The van der Waals surface area contributed by atoms with E-state index in [4.69, 9.17) is 4.52 Å². The lowest BCUT2D eigenvalue weighted by Crippen LogP contribution is -2.43. The number of sulfonamides is 1. The summed E-state index contributed by atoms with van der Waals surface area (Å²) in [6.07, 6.45) is 0.991. The second-order valence-electron chi connectivity index (χ2n) is 7.08. The summed E-state index contributed by atoms with van der Waals surface area (Å²) >= 11 is 0. The second-order valence-corrected chi connectivity index (χ2v) is 8.90. The van der Waals surface area contributed by atoms with E-state index in [-0.39, 0.29) is 28.8 Å². The molecule has 156 valence electrons. The average molecular weight is 420 g/mol. The molecule has 0 saturated carbocycles. The van der Waals surface area contributed by atoms with Crippen LogP contribution in [0.1, 0.15) is 36.8 Å². The molecule has 0 aliphatic carbocycles. The van der Waals surface area contributed by atoms with Crippen LogP contribution in [0.4, 0.5) is 11.4 Å². The third-order valence-corrected chi connectivity index (χ3v) is 7.10. The van der Waals surface area contributed by atoms with Crippen molar-refractivity contribution in [3.8, 4) is 0 Å². The molecule has 2 heterocycles. The second kappa shape index (κ2) is 7.96. The summed E-state index contributed by atoms with van der Waals surface area (Å²) in [4.78, 5) is 24.3. The van der Waals surface area contributed by atoms with Crippen LogP contribution in [0.15, 0.2) is 27.6 Å². The first-order chi connectivity index (χ1) is 13.6. The summed E-state index contributed by atoms with van der Waals surface area (Å²) in [5.41, 5.74) is 2.06. The summed E-state index contributed by atoms with van der Waals surface area (Å²) < 4.78 is 32.5. The molecule has 9 nitrogen and oxygen atoms in total. The van der Waals surface area contributed by atoms with Crippen molar-refractivity contribution in [3.63, 3.8) is 0 Å². The van der Waals surface area contributed by atoms with Gasteiger partial charge in [0.15, 0.2) is 5.76 Å². The summed E-state index contributed by atoms with van der Waals surface area (Å²) in [6, 6.07) is 4.31. The molecule has 0 bridgehead atoms. The fraction of sp³-hybridized carbons (Fsp3) is 0.421. The van der Waals surface area contributed by atoms with E-state index >= 15 is 0 Å². The normalized spacial score (nSPS) is 17.3. The van der Waals surface area contributed by atoms with Gasteiger partial charge in [-0.1, -0.05) is 11.2 Å². The van der Waals surface area contributed by atoms with Gasteiger partial charge in [-0.05, 0) is 51.3 Å². The molecule has 1 fully saturated rings. The Kier molecular flexibility index (Phi) is 5.76. The molecule has 29 heavy (non-hydrogen) atoms. The number of benzene rings is 1. The lowest BCUT2D eigenvalue weighted by atomic mass is 10.1. The Labute approximate surface area is 169 Å². The third kappa shape index (κ3) is 4.03. The Morgan fingerprint density at radius 2 is 1.83 bits per heavy atom. The van der Waals surface area contributed by atoms with E-state index in [1.165, 1.54) is 18.2 Å². The van der Waals surface area contributed by atoms with Gasteiger partial charge in [-0.3, -0.25) is 9.59 Å². The van der Waals surface area contributed by atoms with Gasteiger partial charge in [-0.15, -0.1) is 0 Å². The lowest BCUT2D eigenvalue weighted by Gasteiger charge is -2.23. The Hall–Kier alpha value is -2.72. The molecule has 0 radical (unpaired) electrons. The summed E-state index contributed by atoms with van der Waals surface area (Å²) in [6.45, 7) is 6.52. The predicted octanol–water partition coefficient (Wildman–Crippen LogP) is 2.35. The van der Waals surface area contributed by atoms with E-state index < -0.39 is 22.0 Å². The summed E-state index contributed by atoms with van der Waals surface area (Å²) in [7, 11) is -3.92. The standard InChI is InChI=1S/C19H24N4O5S/c1-11-15(20-14(4)24)7-5-8-16(11)21-19(25)17-9-6-10-23(17)29(26,27)18-12(2)22-28-13(18)3/h5,7-8,17H,6,9-10H2,1-4H3,(H,20,24)(H,21,25). The third-order valence-electron chi connectivity index (χ3n) is 4.94. The minimum atomic E-state index is -3.92. The topological polar surface area (TPSA) is 122 Å².